The maximum atomic E-state index is 12.5. The second kappa shape index (κ2) is 6.11. The van der Waals surface area contributed by atoms with Crippen LogP contribution >= 0.6 is 23.2 Å². The van der Waals surface area contributed by atoms with Crippen LogP contribution in [0.2, 0.25) is 0 Å². The molecule has 1 amide bonds. The quantitative estimate of drug-likeness (QED) is 0.627. The van der Waals surface area contributed by atoms with Gasteiger partial charge in [-0.25, -0.2) is 0 Å². The molecule has 1 aromatic carbocycles. The number of hydrogen-bond donors (Lipinski definition) is 1. The lowest BCUT2D eigenvalue weighted by molar-refractivity contribution is -0.158. The van der Waals surface area contributed by atoms with Gasteiger partial charge in [0.1, 0.15) is 9.75 Å². The van der Waals surface area contributed by atoms with Gasteiger partial charge in [-0.05, 0) is 38.1 Å². The summed E-state index contributed by atoms with van der Waals surface area (Å²) in [7, 11) is 0. The van der Waals surface area contributed by atoms with Crippen molar-refractivity contribution >= 4 is 40.8 Å². The molecule has 1 aliphatic carbocycles. The van der Waals surface area contributed by atoms with E-state index in [9.17, 15) is 22.8 Å². The third-order valence-corrected chi connectivity index (χ3v) is 4.94. The molecule has 0 aliphatic heterocycles. The third kappa shape index (κ3) is 3.78. The van der Waals surface area contributed by atoms with E-state index in [4.69, 9.17) is 27.9 Å². The summed E-state index contributed by atoms with van der Waals surface area (Å²) in [6.07, 6.45) is -5.39. The fraction of sp³-hybridized carbons (Fsp3) is 0.467. The molecule has 0 radical (unpaired) electrons. The van der Waals surface area contributed by atoms with Crippen molar-refractivity contribution in [2.45, 2.75) is 36.9 Å². The smallest absolute Gasteiger partial charge is 0.416 e. The number of alkyl halides is 5. The summed E-state index contributed by atoms with van der Waals surface area (Å²) in [4.78, 5) is 23.9. The number of carbonyl (C=O) groups excluding carboxylic acids is 2. The van der Waals surface area contributed by atoms with Gasteiger partial charge in [0, 0.05) is 12.1 Å². The van der Waals surface area contributed by atoms with Gasteiger partial charge < -0.3 is 10.1 Å². The van der Waals surface area contributed by atoms with Gasteiger partial charge in [-0.2, -0.15) is 13.2 Å². The molecule has 2 atom stereocenters. The first-order valence-electron chi connectivity index (χ1n) is 6.94. The number of rotatable bonds is 4. The standard InChI is InChI=1S/C15H14Cl2F3NO3/c1-8(24-12(23)13(2)7-14(13,16)17)11(22)21-10-5-3-9(4-6-10)15(18,19)20/h3-6,8H,7H2,1-2H3,(H,21,22)/t8-,13-/m1/s1. The zero-order valence-electron chi connectivity index (χ0n) is 12.7. The molecule has 1 N–H and O–H groups in total. The average Bonchev–Trinajstić information content (AvgIpc) is 2.98. The normalized spacial score (nSPS) is 23.3. The molecule has 1 fully saturated rings. The van der Waals surface area contributed by atoms with Gasteiger partial charge in [0.15, 0.2) is 6.10 Å². The number of nitrogens with one attached hydrogen (secondary N) is 1. The van der Waals surface area contributed by atoms with Crippen molar-refractivity contribution in [2.24, 2.45) is 5.41 Å². The van der Waals surface area contributed by atoms with Crippen LogP contribution in [0.15, 0.2) is 24.3 Å². The Morgan fingerprint density at radius 3 is 2.17 bits per heavy atom. The Labute approximate surface area is 146 Å². The second-order valence-electron chi connectivity index (χ2n) is 5.83. The lowest BCUT2D eigenvalue weighted by Gasteiger charge is -2.17. The Kier molecular flexibility index (Phi) is 4.80. The van der Waals surface area contributed by atoms with Crippen molar-refractivity contribution < 1.29 is 27.5 Å². The predicted molar refractivity (Wildman–Crippen MR) is 82.8 cm³/mol. The van der Waals surface area contributed by atoms with E-state index in [0.717, 1.165) is 24.3 Å². The number of carbonyl (C=O) groups is 2. The van der Waals surface area contributed by atoms with Gasteiger partial charge in [0.05, 0.1) is 5.56 Å². The summed E-state index contributed by atoms with van der Waals surface area (Å²) in [6, 6.07) is 3.90. The number of amides is 1. The minimum Gasteiger partial charge on any atom is -0.452 e. The van der Waals surface area contributed by atoms with Crippen LogP contribution in [0.5, 0.6) is 0 Å². The summed E-state index contributed by atoms with van der Waals surface area (Å²) in [6.45, 7) is 2.86. The molecule has 1 aromatic rings. The summed E-state index contributed by atoms with van der Waals surface area (Å²) in [5.41, 5.74) is -1.75. The van der Waals surface area contributed by atoms with Crippen LogP contribution in [0.3, 0.4) is 0 Å². The van der Waals surface area contributed by atoms with Crippen molar-refractivity contribution in [2.75, 3.05) is 5.32 Å². The summed E-state index contributed by atoms with van der Waals surface area (Å²) < 4.78 is 41.2. The molecule has 1 saturated carbocycles. The highest BCUT2D eigenvalue weighted by molar-refractivity contribution is 6.53. The molecular formula is C15H14Cl2F3NO3. The lowest BCUT2D eigenvalue weighted by atomic mass is 10.1. The Bertz CT molecular complexity index is 661. The molecule has 2 rings (SSSR count). The number of benzene rings is 1. The van der Waals surface area contributed by atoms with Crippen LogP contribution in [0.1, 0.15) is 25.8 Å². The Balaban J connectivity index is 1.94. The average molecular weight is 384 g/mol. The monoisotopic (exact) mass is 383 g/mol. The van der Waals surface area contributed by atoms with Crippen LogP contribution in [-0.2, 0) is 20.5 Å². The van der Waals surface area contributed by atoms with E-state index in [1.807, 2.05) is 0 Å². The highest BCUT2D eigenvalue weighted by Gasteiger charge is 2.69. The van der Waals surface area contributed by atoms with Crippen LogP contribution < -0.4 is 5.32 Å². The number of esters is 1. The van der Waals surface area contributed by atoms with Crippen molar-refractivity contribution in [3.05, 3.63) is 29.8 Å². The molecule has 0 spiro atoms. The first-order valence-corrected chi connectivity index (χ1v) is 7.69. The summed E-state index contributed by atoms with van der Waals surface area (Å²) in [5, 5.41) is 2.37. The lowest BCUT2D eigenvalue weighted by Crippen LogP contribution is -2.33. The predicted octanol–water partition coefficient (Wildman–Crippen LogP) is 4.16. The van der Waals surface area contributed by atoms with Gasteiger partial charge in [0.25, 0.3) is 5.91 Å². The van der Waals surface area contributed by atoms with Gasteiger partial charge in [-0.15, -0.1) is 23.2 Å². The Morgan fingerprint density at radius 1 is 1.25 bits per heavy atom. The van der Waals surface area contributed by atoms with E-state index in [-0.39, 0.29) is 12.1 Å². The zero-order chi connectivity index (χ0) is 18.3. The fourth-order valence-electron chi connectivity index (χ4n) is 1.95. The Hall–Kier alpha value is -1.47. The molecule has 0 aromatic heterocycles. The van der Waals surface area contributed by atoms with Crippen LogP contribution in [0, 0.1) is 5.41 Å². The van der Waals surface area contributed by atoms with E-state index in [1.165, 1.54) is 13.8 Å². The summed E-state index contributed by atoms with van der Waals surface area (Å²) in [5.74, 6) is -1.38. The molecule has 24 heavy (non-hydrogen) atoms. The Morgan fingerprint density at radius 2 is 1.75 bits per heavy atom. The van der Waals surface area contributed by atoms with Gasteiger partial charge >= 0.3 is 12.1 Å². The molecule has 0 heterocycles. The van der Waals surface area contributed by atoms with Crippen LogP contribution in [0.4, 0.5) is 18.9 Å². The van der Waals surface area contributed by atoms with E-state index in [0.29, 0.717) is 0 Å². The molecule has 1 aliphatic rings. The van der Waals surface area contributed by atoms with Crippen molar-refractivity contribution in [3.63, 3.8) is 0 Å². The van der Waals surface area contributed by atoms with Crippen molar-refractivity contribution in [3.8, 4) is 0 Å². The van der Waals surface area contributed by atoms with E-state index >= 15 is 0 Å². The van der Waals surface area contributed by atoms with Crippen LogP contribution in [0.25, 0.3) is 0 Å². The minimum atomic E-state index is -4.46. The highest BCUT2D eigenvalue weighted by Crippen LogP contribution is 2.64. The van der Waals surface area contributed by atoms with Gasteiger partial charge in [-0.1, -0.05) is 0 Å². The molecule has 132 valence electrons. The molecule has 0 bridgehead atoms. The molecular weight excluding hydrogens is 370 g/mol. The third-order valence-electron chi connectivity index (χ3n) is 3.84. The number of anilines is 1. The van der Waals surface area contributed by atoms with Gasteiger partial charge in [-0.3, -0.25) is 9.59 Å². The maximum Gasteiger partial charge on any atom is 0.416 e. The zero-order valence-corrected chi connectivity index (χ0v) is 14.2. The van der Waals surface area contributed by atoms with E-state index in [1.54, 1.807) is 0 Å². The topological polar surface area (TPSA) is 55.4 Å². The van der Waals surface area contributed by atoms with Gasteiger partial charge in [0.2, 0.25) is 0 Å². The largest absolute Gasteiger partial charge is 0.452 e. The van der Waals surface area contributed by atoms with E-state index < -0.39 is 39.5 Å². The van der Waals surface area contributed by atoms with Crippen LogP contribution in [-0.4, -0.2) is 22.3 Å². The minimum absolute atomic E-state index is 0.151. The maximum absolute atomic E-state index is 12.5. The first kappa shape index (κ1) is 18.9. The SMILES string of the molecule is C[C@@H](OC(=O)[C@@]1(C)CC1(Cl)Cl)C(=O)Nc1ccc(C(F)(F)F)cc1. The number of ether oxygens (including phenoxy) is 1. The summed E-state index contributed by atoms with van der Waals surface area (Å²) >= 11 is 11.7. The molecule has 0 unspecified atom stereocenters. The molecule has 0 saturated heterocycles. The fourth-order valence-corrected chi connectivity index (χ4v) is 2.64. The number of hydrogen-bond acceptors (Lipinski definition) is 3. The van der Waals surface area contributed by atoms with E-state index in [2.05, 4.69) is 5.32 Å². The molecule has 9 heteroatoms. The highest BCUT2D eigenvalue weighted by atomic mass is 35.5. The number of halogens is 5. The van der Waals surface area contributed by atoms with Crippen molar-refractivity contribution in [1.29, 1.82) is 0 Å². The first-order chi connectivity index (χ1) is 10.9. The second-order valence-corrected chi connectivity index (χ2v) is 7.31. The molecule has 4 nitrogen and oxygen atoms in total. The van der Waals surface area contributed by atoms with Crippen molar-refractivity contribution in [1.82, 2.24) is 0 Å².